The second-order valence-corrected chi connectivity index (χ2v) is 3.85. The number of aldehydes is 1. The lowest BCUT2D eigenvalue weighted by Gasteiger charge is -1.98. The third-order valence-electron chi connectivity index (χ3n) is 1.74. The number of Topliss-reactive ketones (excluding diaryl/α,β-unsaturated/α-hetero) is 1. The summed E-state index contributed by atoms with van der Waals surface area (Å²) in [5, 5.41) is 0.921. The largest absolute Gasteiger partial charge is 0.298 e. The fourth-order valence-corrected chi connectivity index (χ4v) is 1.60. The zero-order valence-electron chi connectivity index (χ0n) is 7.96. The molecule has 78 valence electrons. The Morgan fingerprint density at radius 1 is 1.20 bits per heavy atom. The molecule has 0 spiro atoms. The van der Waals surface area contributed by atoms with Crippen LogP contribution in [0.2, 0.25) is 10.0 Å². The maximum Gasteiger partial charge on any atom is 0.163 e. The lowest BCUT2D eigenvalue weighted by Crippen LogP contribution is -1.97. The van der Waals surface area contributed by atoms with Crippen molar-refractivity contribution in [3.8, 4) is 0 Å². The normalized spacial score (nSPS) is 11.3. The first-order chi connectivity index (χ1) is 7.02. The highest BCUT2D eigenvalue weighted by Crippen LogP contribution is 2.20. The van der Waals surface area contributed by atoms with E-state index in [1.807, 2.05) is 0 Å². The highest BCUT2D eigenvalue weighted by atomic mass is 35.5. The van der Waals surface area contributed by atoms with E-state index in [0.717, 1.165) is 0 Å². The van der Waals surface area contributed by atoms with Crippen molar-refractivity contribution in [2.75, 3.05) is 0 Å². The van der Waals surface area contributed by atoms with Crippen LogP contribution in [0, 0.1) is 0 Å². The van der Waals surface area contributed by atoms with Crippen molar-refractivity contribution in [2.24, 2.45) is 0 Å². The van der Waals surface area contributed by atoms with Crippen LogP contribution >= 0.6 is 23.2 Å². The molecule has 0 fully saturated rings. The fraction of sp³-hybridized carbons (Fsp3) is 0.0909. The number of ketones is 1. The average molecular weight is 243 g/mol. The summed E-state index contributed by atoms with van der Waals surface area (Å²) in [7, 11) is 0. The molecule has 0 aliphatic rings. The molecular formula is C11H8Cl2O2. The Morgan fingerprint density at radius 2 is 1.73 bits per heavy atom. The highest BCUT2D eigenvalue weighted by molar-refractivity contribution is 6.34. The van der Waals surface area contributed by atoms with Crippen molar-refractivity contribution < 1.29 is 9.59 Å². The minimum atomic E-state index is -0.291. The molecule has 0 saturated heterocycles. The van der Waals surface area contributed by atoms with Crippen molar-refractivity contribution in [2.45, 2.75) is 6.92 Å². The van der Waals surface area contributed by atoms with Gasteiger partial charge in [-0.2, -0.15) is 0 Å². The maximum absolute atomic E-state index is 11.0. The summed E-state index contributed by atoms with van der Waals surface area (Å²) >= 11 is 11.5. The predicted octanol–water partition coefficient (Wildman–Crippen LogP) is 3.16. The van der Waals surface area contributed by atoms with Gasteiger partial charge in [-0.25, -0.2) is 0 Å². The van der Waals surface area contributed by atoms with E-state index in [9.17, 15) is 9.59 Å². The topological polar surface area (TPSA) is 34.1 Å². The smallest absolute Gasteiger partial charge is 0.163 e. The first kappa shape index (κ1) is 12.0. The summed E-state index contributed by atoms with van der Waals surface area (Å²) in [6.07, 6.45) is 1.96. The van der Waals surface area contributed by atoms with Gasteiger partial charge in [-0.3, -0.25) is 9.59 Å². The van der Waals surface area contributed by atoms with Crippen molar-refractivity contribution in [1.82, 2.24) is 0 Å². The molecule has 0 N–H and O–H groups in total. The van der Waals surface area contributed by atoms with Crippen molar-refractivity contribution in [3.63, 3.8) is 0 Å². The number of carbonyl (C=O) groups excluding carboxylic acids is 2. The highest BCUT2D eigenvalue weighted by Gasteiger charge is 2.03. The molecule has 0 saturated carbocycles. The molecule has 0 unspecified atom stereocenters. The molecule has 0 bridgehead atoms. The molecule has 0 aliphatic heterocycles. The van der Waals surface area contributed by atoms with Crippen LogP contribution in [0.1, 0.15) is 12.5 Å². The van der Waals surface area contributed by atoms with E-state index in [2.05, 4.69) is 0 Å². The number of benzene rings is 1. The number of allylic oxidation sites excluding steroid dienone is 1. The Kier molecular flexibility index (Phi) is 4.06. The Labute approximate surface area is 97.5 Å². The standard InChI is InChI=1S/C11H8Cl2O2/c1-7(15)9(6-14)2-8-3-10(12)5-11(13)4-8/h2-6H,1H3. The summed E-state index contributed by atoms with van der Waals surface area (Å²) < 4.78 is 0. The van der Waals surface area contributed by atoms with Gasteiger partial charge in [-0.05, 0) is 36.8 Å². The zero-order valence-corrected chi connectivity index (χ0v) is 9.47. The van der Waals surface area contributed by atoms with Crippen LogP contribution in [-0.4, -0.2) is 12.1 Å². The van der Waals surface area contributed by atoms with Crippen LogP contribution in [0.15, 0.2) is 23.8 Å². The van der Waals surface area contributed by atoms with Gasteiger partial charge in [0.2, 0.25) is 0 Å². The van der Waals surface area contributed by atoms with E-state index in [1.54, 1.807) is 18.2 Å². The summed E-state index contributed by atoms with van der Waals surface area (Å²) in [5.41, 5.74) is 0.720. The van der Waals surface area contributed by atoms with Gasteiger partial charge in [0, 0.05) is 10.0 Å². The van der Waals surface area contributed by atoms with Gasteiger partial charge in [-0.1, -0.05) is 23.2 Å². The minimum Gasteiger partial charge on any atom is -0.298 e. The SMILES string of the molecule is CC(=O)C(C=O)=Cc1cc(Cl)cc(Cl)c1. The zero-order chi connectivity index (χ0) is 11.4. The third kappa shape index (κ3) is 3.50. The van der Waals surface area contributed by atoms with Crippen LogP contribution in [0.5, 0.6) is 0 Å². The molecule has 1 aromatic carbocycles. The van der Waals surface area contributed by atoms with Gasteiger partial charge in [0.15, 0.2) is 12.1 Å². The molecule has 15 heavy (non-hydrogen) atoms. The summed E-state index contributed by atoms with van der Waals surface area (Å²) in [6, 6.07) is 4.83. The first-order valence-electron chi connectivity index (χ1n) is 4.17. The molecule has 1 rings (SSSR count). The van der Waals surface area contributed by atoms with Crippen molar-refractivity contribution in [1.29, 1.82) is 0 Å². The summed E-state index contributed by atoms with van der Waals surface area (Å²) in [6.45, 7) is 1.33. The molecule has 0 amide bonds. The van der Waals surface area contributed by atoms with Crippen LogP contribution in [0.25, 0.3) is 6.08 Å². The second-order valence-electron chi connectivity index (χ2n) is 2.98. The van der Waals surface area contributed by atoms with Gasteiger partial charge >= 0.3 is 0 Å². The van der Waals surface area contributed by atoms with Gasteiger partial charge in [-0.15, -0.1) is 0 Å². The van der Waals surface area contributed by atoms with E-state index in [4.69, 9.17) is 23.2 Å². The minimum absolute atomic E-state index is 0.0910. The van der Waals surface area contributed by atoms with E-state index < -0.39 is 0 Å². The quantitative estimate of drug-likeness (QED) is 0.353. The molecule has 4 heteroatoms. The molecule has 0 radical (unpaired) electrons. The van der Waals surface area contributed by atoms with Crippen LogP contribution in [0.3, 0.4) is 0 Å². The average Bonchev–Trinajstić information content (AvgIpc) is 2.12. The van der Waals surface area contributed by atoms with Crippen molar-refractivity contribution in [3.05, 3.63) is 39.4 Å². The molecule has 0 heterocycles. The predicted molar refractivity (Wildman–Crippen MR) is 61.2 cm³/mol. The van der Waals surface area contributed by atoms with Gasteiger partial charge in [0.1, 0.15) is 0 Å². The molecule has 1 aromatic rings. The summed E-state index contributed by atoms with van der Waals surface area (Å²) in [5.74, 6) is -0.291. The van der Waals surface area contributed by atoms with E-state index in [0.29, 0.717) is 21.9 Å². The van der Waals surface area contributed by atoms with Crippen LogP contribution in [-0.2, 0) is 9.59 Å². The molecule has 0 atom stereocenters. The number of hydrogen-bond acceptors (Lipinski definition) is 2. The lowest BCUT2D eigenvalue weighted by atomic mass is 10.1. The second kappa shape index (κ2) is 5.10. The maximum atomic E-state index is 11.0. The Hall–Kier alpha value is -1.12. The number of halogens is 2. The van der Waals surface area contributed by atoms with E-state index >= 15 is 0 Å². The fourth-order valence-electron chi connectivity index (χ4n) is 1.06. The molecule has 2 nitrogen and oxygen atoms in total. The van der Waals surface area contributed by atoms with E-state index in [-0.39, 0.29) is 11.4 Å². The van der Waals surface area contributed by atoms with E-state index in [1.165, 1.54) is 13.0 Å². The Bertz CT molecular complexity index is 416. The Balaban J connectivity index is 3.16. The lowest BCUT2D eigenvalue weighted by molar-refractivity contribution is -0.115. The third-order valence-corrected chi connectivity index (χ3v) is 2.18. The molecule has 0 aliphatic carbocycles. The number of hydrogen-bond donors (Lipinski definition) is 0. The van der Waals surface area contributed by atoms with Crippen LogP contribution in [0.4, 0.5) is 0 Å². The first-order valence-corrected chi connectivity index (χ1v) is 4.92. The Morgan fingerprint density at radius 3 is 2.13 bits per heavy atom. The van der Waals surface area contributed by atoms with Gasteiger partial charge in [0.05, 0.1) is 5.57 Å². The number of carbonyl (C=O) groups is 2. The number of rotatable bonds is 3. The van der Waals surface area contributed by atoms with Gasteiger partial charge in [0.25, 0.3) is 0 Å². The van der Waals surface area contributed by atoms with Crippen molar-refractivity contribution >= 4 is 41.3 Å². The van der Waals surface area contributed by atoms with Crippen LogP contribution < -0.4 is 0 Å². The molecule has 0 aromatic heterocycles. The monoisotopic (exact) mass is 242 g/mol. The summed E-state index contributed by atoms with van der Waals surface area (Å²) in [4.78, 5) is 21.5. The van der Waals surface area contributed by atoms with Gasteiger partial charge < -0.3 is 0 Å². The molecular weight excluding hydrogens is 235 g/mol.